The Balaban J connectivity index is 1.26. The van der Waals surface area contributed by atoms with Crippen LogP contribution in [0.5, 0.6) is 0 Å². The maximum Gasteiger partial charge on any atom is 0.222 e. The lowest BCUT2D eigenvalue weighted by atomic mass is 10.0. The van der Waals surface area contributed by atoms with Crippen LogP contribution in [0.1, 0.15) is 17.5 Å². The first-order valence-corrected chi connectivity index (χ1v) is 9.31. The van der Waals surface area contributed by atoms with Gasteiger partial charge in [-0.25, -0.2) is 4.39 Å². The van der Waals surface area contributed by atoms with Crippen molar-refractivity contribution in [3.8, 4) is 0 Å². The first-order valence-electron chi connectivity index (χ1n) is 9.31. The summed E-state index contributed by atoms with van der Waals surface area (Å²) in [5.41, 5.74) is 2.14. The van der Waals surface area contributed by atoms with Gasteiger partial charge in [0.05, 0.1) is 0 Å². The van der Waals surface area contributed by atoms with Gasteiger partial charge >= 0.3 is 0 Å². The number of carbonyl (C=O) groups excluding carboxylic acids is 1. The minimum absolute atomic E-state index is 0.174. The van der Waals surface area contributed by atoms with Crippen LogP contribution < -0.4 is 0 Å². The first-order chi connectivity index (χ1) is 12.7. The first kappa shape index (κ1) is 17.2. The molecule has 5 heteroatoms. The van der Waals surface area contributed by atoms with Crippen molar-refractivity contribution in [3.05, 3.63) is 65.7 Å². The second-order valence-electron chi connectivity index (χ2n) is 7.50. The number of hydrogen-bond acceptors (Lipinski definition) is 3. The number of fused-ring (bicyclic) bond motifs is 1. The molecule has 136 valence electrons. The Bertz CT molecular complexity index is 753. The highest BCUT2D eigenvalue weighted by Crippen LogP contribution is 2.32. The molecular weight excluding hydrogens is 329 g/mol. The van der Waals surface area contributed by atoms with E-state index in [1.54, 1.807) is 18.3 Å². The van der Waals surface area contributed by atoms with Crippen molar-refractivity contribution in [2.75, 3.05) is 26.2 Å². The number of amides is 1. The van der Waals surface area contributed by atoms with E-state index in [2.05, 4.69) is 9.88 Å². The van der Waals surface area contributed by atoms with Gasteiger partial charge in [0.2, 0.25) is 5.91 Å². The van der Waals surface area contributed by atoms with Crippen molar-refractivity contribution in [1.82, 2.24) is 14.8 Å². The van der Waals surface area contributed by atoms with Gasteiger partial charge in [0, 0.05) is 51.5 Å². The lowest BCUT2D eigenvalue weighted by Gasteiger charge is -2.21. The molecule has 2 aromatic rings. The lowest BCUT2D eigenvalue weighted by Crippen LogP contribution is -2.33. The molecule has 0 N–H and O–H groups in total. The zero-order chi connectivity index (χ0) is 17.9. The molecule has 2 unspecified atom stereocenters. The lowest BCUT2D eigenvalue weighted by molar-refractivity contribution is -0.130. The molecule has 0 aliphatic carbocycles. The largest absolute Gasteiger partial charge is 0.342 e. The fourth-order valence-corrected chi connectivity index (χ4v) is 4.27. The Kier molecular flexibility index (Phi) is 4.98. The fourth-order valence-electron chi connectivity index (χ4n) is 4.27. The van der Waals surface area contributed by atoms with Gasteiger partial charge in [-0.2, -0.15) is 0 Å². The van der Waals surface area contributed by atoms with Gasteiger partial charge in [0.15, 0.2) is 0 Å². The number of halogens is 1. The summed E-state index contributed by atoms with van der Waals surface area (Å²) in [6, 6.07) is 10.8. The summed E-state index contributed by atoms with van der Waals surface area (Å²) >= 11 is 0. The molecule has 0 radical (unpaired) electrons. The molecule has 0 spiro atoms. The topological polar surface area (TPSA) is 36.4 Å². The van der Waals surface area contributed by atoms with E-state index < -0.39 is 0 Å². The molecule has 2 aliphatic rings. The molecule has 3 heterocycles. The summed E-state index contributed by atoms with van der Waals surface area (Å²) in [5, 5.41) is 0. The molecule has 4 nitrogen and oxygen atoms in total. The molecule has 2 saturated heterocycles. The Morgan fingerprint density at radius 2 is 1.85 bits per heavy atom. The second kappa shape index (κ2) is 7.54. The molecular formula is C21H24FN3O. The maximum atomic E-state index is 13.3. The number of aryl methyl sites for hydroxylation is 1. The predicted molar refractivity (Wildman–Crippen MR) is 97.8 cm³/mol. The molecule has 2 fully saturated rings. The zero-order valence-corrected chi connectivity index (χ0v) is 14.9. The van der Waals surface area contributed by atoms with Crippen LogP contribution in [0.25, 0.3) is 0 Å². The predicted octanol–water partition coefficient (Wildman–Crippen LogP) is 2.74. The number of carbonyl (C=O) groups is 1. The van der Waals surface area contributed by atoms with Crippen LogP contribution in [-0.4, -0.2) is 46.9 Å². The number of likely N-dealkylation sites (tertiary alicyclic amines) is 2. The summed E-state index contributed by atoms with van der Waals surface area (Å²) in [4.78, 5) is 21.0. The summed E-state index contributed by atoms with van der Waals surface area (Å²) in [6.07, 6.45) is 4.89. The van der Waals surface area contributed by atoms with E-state index in [1.165, 1.54) is 6.07 Å². The van der Waals surface area contributed by atoms with Crippen LogP contribution in [0, 0.1) is 17.7 Å². The highest BCUT2D eigenvalue weighted by Gasteiger charge is 2.41. The van der Waals surface area contributed by atoms with Crippen molar-refractivity contribution in [3.63, 3.8) is 0 Å². The monoisotopic (exact) mass is 353 g/mol. The summed E-state index contributed by atoms with van der Waals surface area (Å²) in [6.45, 7) is 4.49. The minimum atomic E-state index is -0.174. The van der Waals surface area contributed by atoms with Gasteiger partial charge in [-0.15, -0.1) is 0 Å². The average Bonchev–Trinajstić information content (AvgIpc) is 3.19. The SMILES string of the molecule is O=C(CCc1cccnc1)N1CC2CN(Cc3cccc(F)c3)CC2C1. The molecule has 4 rings (SSSR count). The fraction of sp³-hybridized carbons (Fsp3) is 0.429. The van der Waals surface area contributed by atoms with Crippen molar-refractivity contribution >= 4 is 5.91 Å². The van der Waals surface area contributed by atoms with E-state index in [4.69, 9.17) is 0 Å². The molecule has 0 bridgehead atoms. The third-order valence-corrected chi connectivity index (χ3v) is 5.56. The van der Waals surface area contributed by atoms with Crippen LogP contribution >= 0.6 is 0 Å². The minimum Gasteiger partial charge on any atom is -0.342 e. The van der Waals surface area contributed by atoms with E-state index in [1.807, 2.05) is 29.3 Å². The zero-order valence-electron chi connectivity index (χ0n) is 14.9. The van der Waals surface area contributed by atoms with Crippen LogP contribution in [0.15, 0.2) is 48.8 Å². The van der Waals surface area contributed by atoms with Crippen LogP contribution in [-0.2, 0) is 17.8 Å². The number of hydrogen-bond donors (Lipinski definition) is 0. The Morgan fingerprint density at radius 1 is 1.08 bits per heavy atom. The highest BCUT2D eigenvalue weighted by molar-refractivity contribution is 5.76. The smallest absolute Gasteiger partial charge is 0.222 e. The van der Waals surface area contributed by atoms with Gasteiger partial charge in [0.25, 0.3) is 0 Å². The summed E-state index contributed by atoms with van der Waals surface area (Å²) < 4.78 is 13.3. The van der Waals surface area contributed by atoms with Crippen LogP contribution in [0.2, 0.25) is 0 Å². The number of pyridine rings is 1. The standard InChI is InChI=1S/C21H24FN3O/c22-20-5-1-3-17(9-20)11-24-12-18-14-25(15-19(18)13-24)21(26)7-6-16-4-2-8-23-10-16/h1-5,8-10,18-19H,6-7,11-15H2. The molecule has 1 amide bonds. The second-order valence-corrected chi connectivity index (χ2v) is 7.50. The van der Waals surface area contributed by atoms with Gasteiger partial charge < -0.3 is 4.90 Å². The molecule has 26 heavy (non-hydrogen) atoms. The third-order valence-electron chi connectivity index (χ3n) is 5.56. The van der Waals surface area contributed by atoms with E-state index in [-0.39, 0.29) is 11.7 Å². The molecule has 1 aromatic heterocycles. The average molecular weight is 353 g/mol. The molecule has 0 saturated carbocycles. The molecule has 2 atom stereocenters. The Hall–Kier alpha value is -2.27. The van der Waals surface area contributed by atoms with Gasteiger partial charge in [-0.05, 0) is 47.6 Å². The van der Waals surface area contributed by atoms with Crippen molar-refractivity contribution in [2.24, 2.45) is 11.8 Å². The summed E-state index contributed by atoms with van der Waals surface area (Å²) in [7, 11) is 0. The third kappa shape index (κ3) is 3.93. The van der Waals surface area contributed by atoms with Gasteiger partial charge in [-0.3, -0.25) is 14.7 Å². The van der Waals surface area contributed by atoms with Crippen molar-refractivity contribution < 1.29 is 9.18 Å². The number of aromatic nitrogens is 1. The van der Waals surface area contributed by atoms with E-state index >= 15 is 0 Å². The Labute approximate surface area is 153 Å². The highest BCUT2D eigenvalue weighted by atomic mass is 19.1. The van der Waals surface area contributed by atoms with E-state index in [9.17, 15) is 9.18 Å². The maximum absolute atomic E-state index is 13.3. The van der Waals surface area contributed by atoms with Gasteiger partial charge in [-0.1, -0.05) is 18.2 Å². The Morgan fingerprint density at radius 3 is 2.54 bits per heavy atom. The van der Waals surface area contributed by atoms with Crippen molar-refractivity contribution in [2.45, 2.75) is 19.4 Å². The number of benzene rings is 1. The molecule has 1 aromatic carbocycles. The number of rotatable bonds is 5. The normalized spacial score (nSPS) is 22.6. The van der Waals surface area contributed by atoms with E-state index in [0.717, 1.165) is 50.3 Å². The number of nitrogens with zero attached hydrogens (tertiary/aromatic N) is 3. The van der Waals surface area contributed by atoms with Gasteiger partial charge in [0.1, 0.15) is 5.82 Å². The summed E-state index contributed by atoms with van der Waals surface area (Å²) in [5.74, 6) is 1.17. The quantitative estimate of drug-likeness (QED) is 0.829. The van der Waals surface area contributed by atoms with Crippen LogP contribution in [0.4, 0.5) is 4.39 Å². The van der Waals surface area contributed by atoms with Crippen LogP contribution in [0.3, 0.4) is 0 Å². The van der Waals surface area contributed by atoms with Crippen molar-refractivity contribution in [1.29, 1.82) is 0 Å². The molecule has 2 aliphatic heterocycles. The van der Waals surface area contributed by atoms with E-state index in [0.29, 0.717) is 18.3 Å².